The number of carbonyl (C=O) groups is 1. The van der Waals surface area contributed by atoms with Crippen LogP contribution < -0.4 is 15.4 Å². The van der Waals surface area contributed by atoms with Crippen molar-refractivity contribution in [3.05, 3.63) is 52.0 Å². The first kappa shape index (κ1) is 24.4. The minimum absolute atomic E-state index is 0. The predicted octanol–water partition coefficient (Wildman–Crippen LogP) is 3.41. The highest BCUT2D eigenvalue weighted by molar-refractivity contribution is 14.0. The minimum Gasteiger partial charge on any atom is -0.489 e. The highest BCUT2D eigenvalue weighted by atomic mass is 127. The SMILES string of the molecule is CCNC(=NCC(=O)N1CCc2sccc2C1)NCC(C)Oc1cccc(F)c1.I. The molecule has 1 unspecified atom stereocenters. The average Bonchev–Trinajstić information content (AvgIpc) is 3.17. The van der Waals surface area contributed by atoms with Gasteiger partial charge in [0.2, 0.25) is 5.91 Å². The second-order valence-corrected chi connectivity index (χ2v) is 7.90. The van der Waals surface area contributed by atoms with Crippen LogP contribution in [0.5, 0.6) is 5.75 Å². The third-order valence-corrected chi connectivity index (χ3v) is 5.59. The van der Waals surface area contributed by atoms with E-state index >= 15 is 0 Å². The molecule has 0 radical (unpaired) electrons. The van der Waals surface area contributed by atoms with Crippen molar-refractivity contribution in [3.63, 3.8) is 0 Å². The Kier molecular flexibility index (Phi) is 9.83. The number of nitrogens with zero attached hydrogens (tertiary/aromatic N) is 2. The zero-order valence-electron chi connectivity index (χ0n) is 17.2. The van der Waals surface area contributed by atoms with Crippen LogP contribution in [0.1, 0.15) is 24.3 Å². The van der Waals surface area contributed by atoms with Crippen LogP contribution in [0.25, 0.3) is 0 Å². The van der Waals surface area contributed by atoms with Crippen LogP contribution in [0, 0.1) is 5.82 Å². The average molecular weight is 546 g/mol. The van der Waals surface area contributed by atoms with Crippen molar-refractivity contribution in [2.24, 2.45) is 4.99 Å². The Labute approximate surface area is 197 Å². The number of carbonyl (C=O) groups excluding carboxylic acids is 1. The van der Waals surface area contributed by atoms with E-state index < -0.39 is 0 Å². The first-order valence-corrected chi connectivity index (χ1v) is 10.7. The third kappa shape index (κ3) is 7.12. The molecule has 164 valence electrons. The Hall–Kier alpha value is -1.88. The van der Waals surface area contributed by atoms with Gasteiger partial charge in [-0.2, -0.15) is 0 Å². The number of guanidine groups is 1. The molecule has 0 saturated heterocycles. The van der Waals surface area contributed by atoms with Crippen molar-refractivity contribution in [2.45, 2.75) is 32.9 Å². The van der Waals surface area contributed by atoms with Crippen LogP contribution >= 0.6 is 35.3 Å². The molecule has 0 fully saturated rings. The van der Waals surface area contributed by atoms with Crippen molar-refractivity contribution in [1.29, 1.82) is 0 Å². The fourth-order valence-corrected chi connectivity index (χ4v) is 3.99. The van der Waals surface area contributed by atoms with E-state index in [1.54, 1.807) is 23.5 Å². The van der Waals surface area contributed by atoms with Gasteiger partial charge in [0.25, 0.3) is 0 Å². The Morgan fingerprint density at radius 1 is 1.37 bits per heavy atom. The van der Waals surface area contributed by atoms with Gasteiger partial charge in [-0.1, -0.05) is 6.07 Å². The number of benzene rings is 1. The van der Waals surface area contributed by atoms with Gasteiger partial charge < -0.3 is 20.3 Å². The molecule has 2 N–H and O–H groups in total. The molecule has 0 saturated carbocycles. The Bertz CT molecular complexity index is 861. The lowest BCUT2D eigenvalue weighted by Gasteiger charge is -2.26. The van der Waals surface area contributed by atoms with Crippen LogP contribution in [-0.4, -0.2) is 49.0 Å². The van der Waals surface area contributed by atoms with E-state index in [2.05, 4.69) is 27.1 Å². The van der Waals surface area contributed by atoms with Gasteiger partial charge in [0.1, 0.15) is 24.2 Å². The number of hydrogen-bond acceptors (Lipinski definition) is 4. The third-order valence-electron chi connectivity index (χ3n) is 4.57. The maximum Gasteiger partial charge on any atom is 0.244 e. The molecular formula is C21H28FIN4O2S. The standard InChI is InChI=1S/C21H27FN4O2S.HI/c1-3-23-21(24-12-15(2)28-18-6-4-5-17(22)11-18)25-13-20(27)26-9-7-19-16(14-26)8-10-29-19;/h4-6,8,10-11,15H,3,7,9,12-14H2,1-2H3,(H2,23,24,25);1H. The van der Waals surface area contributed by atoms with Gasteiger partial charge >= 0.3 is 0 Å². The van der Waals surface area contributed by atoms with Gasteiger partial charge in [-0.15, -0.1) is 35.3 Å². The molecule has 9 heteroatoms. The lowest BCUT2D eigenvalue weighted by Crippen LogP contribution is -2.43. The summed E-state index contributed by atoms with van der Waals surface area (Å²) in [5.74, 6) is 0.726. The molecule has 2 heterocycles. The molecule has 2 aromatic rings. The summed E-state index contributed by atoms with van der Waals surface area (Å²) in [6, 6.07) is 8.15. The summed E-state index contributed by atoms with van der Waals surface area (Å²) in [7, 11) is 0. The van der Waals surface area contributed by atoms with Gasteiger partial charge in [0, 0.05) is 30.6 Å². The van der Waals surface area contributed by atoms with Crippen LogP contribution in [0.15, 0.2) is 40.7 Å². The predicted molar refractivity (Wildman–Crippen MR) is 129 cm³/mol. The summed E-state index contributed by atoms with van der Waals surface area (Å²) in [5.41, 5.74) is 1.24. The second-order valence-electron chi connectivity index (χ2n) is 6.90. The van der Waals surface area contributed by atoms with E-state index in [0.29, 0.717) is 31.3 Å². The summed E-state index contributed by atoms with van der Waals surface area (Å²) in [6.07, 6.45) is 0.714. The normalized spacial score (nSPS) is 14.4. The highest BCUT2D eigenvalue weighted by Crippen LogP contribution is 2.23. The minimum atomic E-state index is -0.330. The molecule has 1 amide bonds. The van der Waals surface area contributed by atoms with Crippen molar-refractivity contribution < 1.29 is 13.9 Å². The summed E-state index contributed by atoms with van der Waals surface area (Å²) in [4.78, 5) is 20.2. The van der Waals surface area contributed by atoms with Crippen LogP contribution in [-0.2, 0) is 17.8 Å². The number of ether oxygens (including phenoxy) is 1. The molecule has 3 rings (SSSR count). The lowest BCUT2D eigenvalue weighted by molar-refractivity contribution is -0.130. The van der Waals surface area contributed by atoms with E-state index in [-0.39, 0.29) is 48.3 Å². The van der Waals surface area contributed by atoms with E-state index in [1.165, 1.54) is 22.6 Å². The van der Waals surface area contributed by atoms with Gasteiger partial charge in [-0.25, -0.2) is 9.38 Å². The Morgan fingerprint density at radius 2 is 2.20 bits per heavy atom. The number of rotatable bonds is 7. The first-order chi connectivity index (χ1) is 14.0. The van der Waals surface area contributed by atoms with Crippen LogP contribution in [0.4, 0.5) is 4.39 Å². The molecule has 0 aliphatic carbocycles. The molecular weight excluding hydrogens is 518 g/mol. The number of aliphatic imine (C=N–C) groups is 1. The Morgan fingerprint density at radius 3 is 2.97 bits per heavy atom. The summed E-state index contributed by atoms with van der Waals surface area (Å²) >= 11 is 1.76. The van der Waals surface area contributed by atoms with E-state index in [4.69, 9.17) is 4.74 Å². The number of halogens is 2. The van der Waals surface area contributed by atoms with Crippen LogP contribution in [0.2, 0.25) is 0 Å². The van der Waals surface area contributed by atoms with Crippen molar-refractivity contribution in [3.8, 4) is 5.75 Å². The summed E-state index contributed by atoms with van der Waals surface area (Å²) in [6.45, 7) is 6.50. The number of hydrogen-bond donors (Lipinski definition) is 2. The molecule has 1 atom stereocenters. The van der Waals surface area contributed by atoms with E-state index in [0.717, 1.165) is 13.0 Å². The highest BCUT2D eigenvalue weighted by Gasteiger charge is 2.21. The molecule has 0 spiro atoms. The van der Waals surface area contributed by atoms with Crippen molar-refractivity contribution in [1.82, 2.24) is 15.5 Å². The molecule has 1 aromatic heterocycles. The summed E-state index contributed by atoms with van der Waals surface area (Å²) < 4.78 is 19.0. The largest absolute Gasteiger partial charge is 0.489 e. The fourth-order valence-electron chi connectivity index (χ4n) is 3.10. The quantitative estimate of drug-likeness (QED) is 0.318. The maximum absolute atomic E-state index is 13.3. The number of fused-ring (bicyclic) bond motifs is 1. The lowest BCUT2D eigenvalue weighted by atomic mass is 10.1. The number of nitrogens with one attached hydrogen (secondary N) is 2. The molecule has 6 nitrogen and oxygen atoms in total. The zero-order valence-corrected chi connectivity index (χ0v) is 20.3. The second kappa shape index (κ2) is 12.1. The van der Waals surface area contributed by atoms with E-state index in [1.807, 2.05) is 18.7 Å². The molecule has 1 aliphatic rings. The molecule has 1 aromatic carbocycles. The molecule has 30 heavy (non-hydrogen) atoms. The zero-order chi connectivity index (χ0) is 20.6. The number of amides is 1. The Balaban J connectivity index is 0.00000320. The van der Waals surface area contributed by atoms with Gasteiger partial charge in [-0.3, -0.25) is 4.79 Å². The first-order valence-electron chi connectivity index (χ1n) is 9.82. The van der Waals surface area contributed by atoms with Crippen molar-refractivity contribution in [2.75, 3.05) is 26.2 Å². The topological polar surface area (TPSA) is 66.0 Å². The van der Waals surface area contributed by atoms with Crippen LogP contribution in [0.3, 0.4) is 0 Å². The van der Waals surface area contributed by atoms with E-state index in [9.17, 15) is 9.18 Å². The molecule has 0 bridgehead atoms. The fraction of sp³-hybridized carbons (Fsp3) is 0.429. The van der Waals surface area contributed by atoms with Gasteiger partial charge in [-0.05, 0) is 49.4 Å². The maximum atomic E-state index is 13.3. The smallest absolute Gasteiger partial charge is 0.244 e. The van der Waals surface area contributed by atoms with Gasteiger partial charge in [0.15, 0.2) is 5.96 Å². The monoisotopic (exact) mass is 546 g/mol. The summed E-state index contributed by atoms with van der Waals surface area (Å²) in [5, 5.41) is 8.39. The van der Waals surface area contributed by atoms with Crippen molar-refractivity contribution >= 4 is 47.2 Å². The molecule has 1 aliphatic heterocycles. The van der Waals surface area contributed by atoms with Gasteiger partial charge in [0.05, 0.1) is 6.54 Å². The number of thiophene rings is 1.